The Kier molecular flexibility index (Phi) is 3.88. The molecule has 0 saturated heterocycles. The van der Waals surface area contributed by atoms with Gasteiger partial charge in [-0.05, 0) is 30.7 Å². The van der Waals surface area contributed by atoms with Crippen molar-refractivity contribution in [2.24, 2.45) is 0 Å². The topological polar surface area (TPSA) is 12.0 Å². The first-order valence-corrected chi connectivity index (χ1v) is 4.42. The molecule has 1 rings (SSSR count). The molecule has 1 nitrogen and oxygen atoms in total. The summed E-state index contributed by atoms with van der Waals surface area (Å²) in [4.78, 5) is 0. The van der Waals surface area contributed by atoms with Crippen molar-refractivity contribution in [3.63, 3.8) is 0 Å². The van der Waals surface area contributed by atoms with Crippen LogP contribution >= 0.6 is 11.6 Å². The van der Waals surface area contributed by atoms with Crippen LogP contribution in [-0.2, 0) is 0 Å². The lowest BCUT2D eigenvalue weighted by Crippen LogP contribution is -2.01. The summed E-state index contributed by atoms with van der Waals surface area (Å²) < 4.78 is 12.4. The zero-order chi connectivity index (χ0) is 8.81. The van der Waals surface area contributed by atoms with E-state index in [4.69, 9.17) is 11.6 Å². The van der Waals surface area contributed by atoms with Crippen LogP contribution in [0.5, 0.6) is 0 Å². The van der Waals surface area contributed by atoms with E-state index < -0.39 is 0 Å². The highest BCUT2D eigenvalue weighted by Gasteiger charge is 1.91. The molecular formula is C9H11ClFN. The predicted octanol–water partition coefficient (Wildman–Crippen LogP) is 2.87. The largest absolute Gasteiger partial charge is 0.385 e. The lowest BCUT2D eigenvalue weighted by atomic mass is 10.3. The molecule has 0 heterocycles. The van der Waals surface area contributed by atoms with Crippen molar-refractivity contribution in [2.45, 2.75) is 6.42 Å². The van der Waals surface area contributed by atoms with Gasteiger partial charge in [0.15, 0.2) is 0 Å². The van der Waals surface area contributed by atoms with Gasteiger partial charge in [-0.25, -0.2) is 4.39 Å². The zero-order valence-electron chi connectivity index (χ0n) is 6.69. The maximum absolute atomic E-state index is 12.4. The summed E-state index contributed by atoms with van der Waals surface area (Å²) in [6, 6.07) is 6.29. The van der Waals surface area contributed by atoms with Gasteiger partial charge in [0.1, 0.15) is 5.82 Å². The van der Waals surface area contributed by atoms with Crippen LogP contribution in [0.1, 0.15) is 6.42 Å². The van der Waals surface area contributed by atoms with Crippen molar-refractivity contribution in [3.05, 3.63) is 30.1 Å². The monoisotopic (exact) mass is 187 g/mol. The molecule has 0 aliphatic rings. The summed E-state index contributed by atoms with van der Waals surface area (Å²) >= 11 is 5.49. The third kappa shape index (κ3) is 3.09. The Morgan fingerprint density at radius 3 is 2.50 bits per heavy atom. The van der Waals surface area contributed by atoms with Crippen LogP contribution < -0.4 is 5.32 Å². The third-order valence-corrected chi connectivity index (χ3v) is 1.75. The van der Waals surface area contributed by atoms with E-state index >= 15 is 0 Å². The van der Waals surface area contributed by atoms with Gasteiger partial charge in [-0.15, -0.1) is 11.6 Å². The Labute approximate surface area is 76.5 Å². The molecule has 0 unspecified atom stereocenters. The minimum absolute atomic E-state index is 0.210. The Morgan fingerprint density at radius 1 is 1.25 bits per heavy atom. The van der Waals surface area contributed by atoms with E-state index in [1.54, 1.807) is 12.1 Å². The molecule has 0 atom stereocenters. The van der Waals surface area contributed by atoms with Gasteiger partial charge in [0.25, 0.3) is 0 Å². The molecule has 66 valence electrons. The molecule has 0 bridgehead atoms. The molecule has 3 heteroatoms. The second-order valence-corrected chi connectivity index (χ2v) is 2.85. The van der Waals surface area contributed by atoms with Crippen molar-refractivity contribution < 1.29 is 4.39 Å². The Hall–Kier alpha value is -0.760. The molecule has 0 aliphatic heterocycles. The number of halogens is 2. The molecule has 1 aromatic carbocycles. The number of alkyl halides is 1. The van der Waals surface area contributed by atoms with Crippen molar-refractivity contribution in [2.75, 3.05) is 17.7 Å². The molecular weight excluding hydrogens is 177 g/mol. The molecule has 0 spiro atoms. The SMILES string of the molecule is Fc1ccc(NCCCCl)cc1. The maximum Gasteiger partial charge on any atom is 0.123 e. The molecule has 0 saturated carbocycles. The van der Waals surface area contributed by atoms with E-state index in [-0.39, 0.29) is 5.82 Å². The predicted molar refractivity (Wildman–Crippen MR) is 50.2 cm³/mol. The van der Waals surface area contributed by atoms with Crippen molar-refractivity contribution in [3.8, 4) is 0 Å². The van der Waals surface area contributed by atoms with Gasteiger partial charge in [0.05, 0.1) is 0 Å². The highest BCUT2D eigenvalue weighted by molar-refractivity contribution is 6.17. The molecule has 0 amide bonds. The van der Waals surface area contributed by atoms with Gasteiger partial charge in [-0.1, -0.05) is 0 Å². The number of benzene rings is 1. The van der Waals surface area contributed by atoms with Gasteiger partial charge in [-0.2, -0.15) is 0 Å². The average molecular weight is 188 g/mol. The molecule has 0 fully saturated rings. The molecule has 1 N–H and O–H groups in total. The second-order valence-electron chi connectivity index (χ2n) is 2.48. The molecule has 0 radical (unpaired) electrons. The molecule has 0 aliphatic carbocycles. The second kappa shape index (κ2) is 4.99. The van der Waals surface area contributed by atoms with Crippen molar-refractivity contribution in [1.82, 2.24) is 0 Å². The highest BCUT2D eigenvalue weighted by Crippen LogP contribution is 2.07. The van der Waals surface area contributed by atoms with E-state index in [1.807, 2.05) is 0 Å². The fourth-order valence-electron chi connectivity index (χ4n) is 0.867. The molecule has 12 heavy (non-hydrogen) atoms. The smallest absolute Gasteiger partial charge is 0.123 e. The van der Waals surface area contributed by atoms with E-state index in [0.29, 0.717) is 5.88 Å². The number of nitrogens with one attached hydrogen (secondary N) is 1. The minimum atomic E-state index is -0.210. The van der Waals surface area contributed by atoms with Crippen LogP contribution in [0.4, 0.5) is 10.1 Å². The van der Waals surface area contributed by atoms with Gasteiger partial charge >= 0.3 is 0 Å². The molecule has 1 aromatic rings. The first-order chi connectivity index (χ1) is 5.83. The summed E-state index contributed by atoms with van der Waals surface area (Å²) in [5.74, 6) is 0.437. The minimum Gasteiger partial charge on any atom is -0.385 e. The van der Waals surface area contributed by atoms with Gasteiger partial charge in [-0.3, -0.25) is 0 Å². The fraction of sp³-hybridized carbons (Fsp3) is 0.333. The average Bonchev–Trinajstić information content (AvgIpc) is 2.09. The zero-order valence-corrected chi connectivity index (χ0v) is 7.44. The van der Waals surface area contributed by atoms with Crippen molar-refractivity contribution >= 4 is 17.3 Å². The Balaban J connectivity index is 2.37. The lowest BCUT2D eigenvalue weighted by molar-refractivity contribution is 0.628. The van der Waals surface area contributed by atoms with E-state index in [2.05, 4.69) is 5.32 Å². The first kappa shape index (κ1) is 9.33. The van der Waals surface area contributed by atoms with Crippen LogP contribution in [-0.4, -0.2) is 12.4 Å². The van der Waals surface area contributed by atoms with Crippen LogP contribution in [0.15, 0.2) is 24.3 Å². The fourth-order valence-corrected chi connectivity index (χ4v) is 1.00. The maximum atomic E-state index is 12.4. The first-order valence-electron chi connectivity index (χ1n) is 3.88. The summed E-state index contributed by atoms with van der Waals surface area (Å²) in [7, 11) is 0. The van der Waals surface area contributed by atoms with E-state index in [9.17, 15) is 4.39 Å². The quantitative estimate of drug-likeness (QED) is 0.565. The summed E-state index contributed by atoms with van der Waals surface area (Å²) in [6.45, 7) is 0.829. The number of hydrogen-bond donors (Lipinski definition) is 1. The number of rotatable bonds is 4. The van der Waals surface area contributed by atoms with Crippen LogP contribution in [0.2, 0.25) is 0 Å². The summed E-state index contributed by atoms with van der Waals surface area (Å²) in [6.07, 6.45) is 0.916. The highest BCUT2D eigenvalue weighted by atomic mass is 35.5. The van der Waals surface area contributed by atoms with Crippen molar-refractivity contribution in [1.29, 1.82) is 0 Å². The van der Waals surface area contributed by atoms with Crippen LogP contribution in [0, 0.1) is 5.82 Å². The lowest BCUT2D eigenvalue weighted by Gasteiger charge is -2.03. The van der Waals surface area contributed by atoms with Gasteiger partial charge < -0.3 is 5.32 Å². The Morgan fingerprint density at radius 2 is 1.92 bits per heavy atom. The summed E-state index contributed by atoms with van der Waals surface area (Å²) in [5.41, 5.74) is 0.932. The summed E-state index contributed by atoms with van der Waals surface area (Å²) in [5, 5.41) is 3.12. The molecule has 0 aromatic heterocycles. The van der Waals surface area contributed by atoms with Crippen LogP contribution in [0.25, 0.3) is 0 Å². The normalized spacial score (nSPS) is 9.83. The third-order valence-electron chi connectivity index (χ3n) is 1.48. The van der Waals surface area contributed by atoms with E-state index in [0.717, 1.165) is 18.7 Å². The number of anilines is 1. The van der Waals surface area contributed by atoms with Crippen LogP contribution in [0.3, 0.4) is 0 Å². The van der Waals surface area contributed by atoms with Gasteiger partial charge in [0, 0.05) is 18.1 Å². The standard InChI is InChI=1S/C9H11ClFN/c10-6-1-7-12-9-4-2-8(11)3-5-9/h2-5,12H,1,6-7H2. The Bertz CT molecular complexity index is 222. The number of hydrogen-bond acceptors (Lipinski definition) is 1. The van der Waals surface area contributed by atoms with Gasteiger partial charge in [0.2, 0.25) is 0 Å². The van der Waals surface area contributed by atoms with E-state index in [1.165, 1.54) is 12.1 Å².